The van der Waals surface area contributed by atoms with Crippen LogP contribution < -0.4 is 0 Å². The van der Waals surface area contributed by atoms with Crippen LogP contribution in [0, 0.1) is 11.8 Å². The van der Waals surface area contributed by atoms with E-state index in [1.54, 1.807) is 0 Å². The first-order valence-corrected chi connectivity index (χ1v) is 7.96. The molecule has 0 aliphatic carbocycles. The Kier molecular flexibility index (Phi) is 7.96. The van der Waals surface area contributed by atoms with Crippen molar-refractivity contribution in [1.29, 1.82) is 0 Å². The highest BCUT2D eigenvalue weighted by atomic mass is 16.5. The van der Waals surface area contributed by atoms with Crippen LogP contribution in [0.5, 0.6) is 0 Å². The molecular weight excluding hydrogens is 236 g/mol. The lowest BCUT2D eigenvalue weighted by molar-refractivity contribution is -0.0398. The SMILES string of the molecule is CC(C)CCN1CCOC(CC(C)CCN(C)C)C1. The molecule has 0 spiro atoms. The molecule has 2 unspecified atom stereocenters. The molecule has 0 N–H and O–H groups in total. The van der Waals surface area contributed by atoms with Gasteiger partial charge in [-0.05, 0) is 58.3 Å². The van der Waals surface area contributed by atoms with Crippen molar-refractivity contribution in [1.82, 2.24) is 9.80 Å². The Morgan fingerprint density at radius 1 is 1.21 bits per heavy atom. The van der Waals surface area contributed by atoms with Gasteiger partial charge in [-0.25, -0.2) is 0 Å². The van der Waals surface area contributed by atoms with E-state index in [-0.39, 0.29) is 0 Å². The summed E-state index contributed by atoms with van der Waals surface area (Å²) in [6, 6.07) is 0. The second kappa shape index (κ2) is 8.93. The van der Waals surface area contributed by atoms with Gasteiger partial charge >= 0.3 is 0 Å². The van der Waals surface area contributed by atoms with Crippen LogP contribution >= 0.6 is 0 Å². The molecule has 0 radical (unpaired) electrons. The summed E-state index contributed by atoms with van der Waals surface area (Å²) < 4.78 is 5.94. The molecule has 1 aliphatic heterocycles. The minimum Gasteiger partial charge on any atom is -0.376 e. The van der Waals surface area contributed by atoms with Gasteiger partial charge in [-0.15, -0.1) is 0 Å². The van der Waals surface area contributed by atoms with Gasteiger partial charge in [0.15, 0.2) is 0 Å². The highest BCUT2D eigenvalue weighted by Crippen LogP contribution is 2.17. The highest BCUT2D eigenvalue weighted by molar-refractivity contribution is 4.74. The summed E-state index contributed by atoms with van der Waals surface area (Å²) in [5, 5.41) is 0. The zero-order valence-corrected chi connectivity index (χ0v) is 13.7. The lowest BCUT2D eigenvalue weighted by atomic mass is 9.98. The minimum absolute atomic E-state index is 0.457. The number of morpholine rings is 1. The van der Waals surface area contributed by atoms with Crippen LogP contribution in [-0.4, -0.2) is 62.8 Å². The van der Waals surface area contributed by atoms with E-state index in [1.807, 2.05) is 0 Å². The van der Waals surface area contributed by atoms with E-state index in [2.05, 4.69) is 44.7 Å². The molecule has 0 saturated carbocycles. The summed E-state index contributed by atoms with van der Waals surface area (Å²) in [5.41, 5.74) is 0. The van der Waals surface area contributed by atoms with Crippen molar-refractivity contribution >= 4 is 0 Å². The monoisotopic (exact) mass is 270 g/mol. The van der Waals surface area contributed by atoms with E-state index in [9.17, 15) is 0 Å². The molecule has 19 heavy (non-hydrogen) atoms. The molecule has 114 valence electrons. The van der Waals surface area contributed by atoms with Crippen molar-refractivity contribution in [2.45, 2.75) is 46.1 Å². The number of nitrogens with zero attached hydrogens (tertiary/aromatic N) is 2. The molecule has 0 bridgehead atoms. The molecule has 3 nitrogen and oxygen atoms in total. The van der Waals surface area contributed by atoms with Gasteiger partial charge in [0.25, 0.3) is 0 Å². The van der Waals surface area contributed by atoms with Crippen molar-refractivity contribution < 1.29 is 4.74 Å². The predicted molar refractivity (Wildman–Crippen MR) is 82.6 cm³/mol. The van der Waals surface area contributed by atoms with E-state index in [0.717, 1.165) is 31.5 Å². The van der Waals surface area contributed by atoms with Crippen LogP contribution in [-0.2, 0) is 4.74 Å². The molecular formula is C16H34N2O. The standard InChI is InChI=1S/C16H34N2O/c1-14(2)6-9-18-10-11-19-16(13-18)12-15(3)7-8-17(4)5/h14-16H,6-13H2,1-5H3. The maximum atomic E-state index is 5.94. The third-order valence-electron chi connectivity index (χ3n) is 3.98. The molecule has 0 aromatic heterocycles. The first-order valence-electron chi connectivity index (χ1n) is 7.96. The maximum absolute atomic E-state index is 5.94. The van der Waals surface area contributed by atoms with Gasteiger partial charge in [-0.1, -0.05) is 20.8 Å². The van der Waals surface area contributed by atoms with E-state index >= 15 is 0 Å². The topological polar surface area (TPSA) is 15.7 Å². The summed E-state index contributed by atoms with van der Waals surface area (Å²) in [4.78, 5) is 4.86. The van der Waals surface area contributed by atoms with Crippen LogP contribution in [0.15, 0.2) is 0 Å². The second-order valence-electron chi connectivity index (χ2n) is 6.91. The predicted octanol–water partition coefficient (Wildman–Crippen LogP) is 2.71. The van der Waals surface area contributed by atoms with E-state index in [0.29, 0.717) is 6.10 Å². The van der Waals surface area contributed by atoms with Gasteiger partial charge in [0.1, 0.15) is 0 Å². The Morgan fingerprint density at radius 2 is 1.95 bits per heavy atom. The van der Waals surface area contributed by atoms with Gasteiger partial charge < -0.3 is 9.64 Å². The van der Waals surface area contributed by atoms with Crippen molar-refractivity contribution in [3.8, 4) is 0 Å². The minimum atomic E-state index is 0.457. The van der Waals surface area contributed by atoms with Gasteiger partial charge in [0.2, 0.25) is 0 Å². The van der Waals surface area contributed by atoms with Crippen molar-refractivity contribution in [3.05, 3.63) is 0 Å². The van der Waals surface area contributed by atoms with Gasteiger partial charge in [-0.2, -0.15) is 0 Å². The Bertz CT molecular complexity index is 229. The third kappa shape index (κ3) is 7.91. The summed E-state index contributed by atoms with van der Waals surface area (Å²) in [7, 11) is 4.30. The molecule has 3 heteroatoms. The quantitative estimate of drug-likeness (QED) is 0.674. The molecule has 1 rings (SSSR count). The Labute approximate surface area is 120 Å². The number of hydrogen-bond acceptors (Lipinski definition) is 3. The van der Waals surface area contributed by atoms with Crippen LogP contribution in [0.4, 0.5) is 0 Å². The normalized spacial score (nSPS) is 23.2. The molecule has 1 heterocycles. The first-order chi connectivity index (χ1) is 8.97. The average molecular weight is 270 g/mol. The van der Waals surface area contributed by atoms with Crippen LogP contribution in [0.3, 0.4) is 0 Å². The fraction of sp³-hybridized carbons (Fsp3) is 1.00. The van der Waals surface area contributed by atoms with Crippen LogP contribution in [0.2, 0.25) is 0 Å². The van der Waals surface area contributed by atoms with Crippen molar-refractivity contribution in [2.75, 3.05) is 46.9 Å². The average Bonchev–Trinajstić information content (AvgIpc) is 2.34. The van der Waals surface area contributed by atoms with Crippen molar-refractivity contribution in [2.24, 2.45) is 11.8 Å². The summed E-state index contributed by atoms with van der Waals surface area (Å²) in [5.74, 6) is 1.57. The lowest BCUT2D eigenvalue weighted by Gasteiger charge is -2.34. The Hall–Kier alpha value is -0.120. The van der Waals surface area contributed by atoms with E-state index in [4.69, 9.17) is 4.74 Å². The summed E-state index contributed by atoms with van der Waals surface area (Å²) in [6.07, 6.45) is 4.26. The number of ether oxygens (including phenoxy) is 1. The van der Waals surface area contributed by atoms with Gasteiger partial charge in [0.05, 0.1) is 12.7 Å². The highest BCUT2D eigenvalue weighted by Gasteiger charge is 2.22. The summed E-state index contributed by atoms with van der Waals surface area (Å²) >= 11 is 0. The van der Waals surface area contributed by atoms with Crippen molar-refractivity contribution in [3.63, 3.8) is 0 Å². The van der Waals surface area contributed by atoms with E-state index in [1.165, 1.54) is 32.4 Å². The fourth-order valence-electron chi connectivity index (χ4n) is 2.61. The lowest BCUT2D eigenvalue weighted by Crippen LogP contribution is -2.43. The Morgan fingerprint density at radius 3 is 2.58 bits per heavy atom. The molecule has 1 aliphatic rings. The maximum Gasteiger partial charge on any atom is 0.0705 e. The number of rotatable bonds is 8. The zero-order valence-electron chi connectivity index (χ0n) is 13.7. The first kappa shape index (κ1) is 16.9. The molecule has 0 amide bonds. The molecule has 0 aromatic rings. The summed E-state index contributed by atoms with van der Waals surface area (Å²) in [6.45, 7) is 12.6. The zero-order chi connectivity index (χ0) is 14.3. The smallest absolute Gasteiger partial charge is 0.0705 e. The second-order valence-corrected chi connectivity index (χ2v) is 6.91. The molecule has 0 aromatic carbocycles. The molecule has 2 atom stereocenters. The molecule has 1 saturated heterocycles. The van der Waals surface area contributed by atoms with Gasteiger partial charge in [0, 0.05) is 13.1 Å². The number of hydrogen-bond donors (Lipinski definition) is 0. The third-order valence-corrected chi connectivity index (χ3v) is 3.98. The molecule has 1 fully saturated rings. The van der Waals surface area contributed by atoms with E-state index < -0.39 is 0 Å². The van der Waals surface area contributed by atoms with Crippen LogP contribution in [0.1, 0.15) is 40.0 Å². The van der Waals surface area contributed by atoms with Gasteiger partial charge in [-0.3, -0.25) is 4.90 Å². The largest absolute Gasteiger partial charge is 0.376 e. The Balaban J connectivity index is 2.22. The van der Waals surface area contributed by atoms with Crippen LogP contribution in [0.25, 0.3) is 0 Å². The fourth-order valence-corrected chi connectivity index (χ4v) is 2.61.